The normalized spacial score (nSPS) is 23.6. The van der Waals surface area contributed by atoms with Gasteiger partial charge in [0.1, 0.15) is 0 Å². The van der Waals surface area contributed by atoms with Crippen LogP contribution in [0.5, 0.6) is 0 Å². The van der Waals surface area contributed by atoms with Gasteiger partial charge in [-0.25, -0.2) is 0 Å². The summed E-state index contributed by atoms with van der Waals surface area (Å²) in [5, 5.41) is 3.37. The van der Waals surface area contributed by atoms with Crippen LogP contribution in [0.2, 0.25) is 0 Å². The molecule has 1 fully saturated rings. The SMILES string of the molecule is C=N/C=C\[C@@](C)(CC)N1CCNCC1. The molecule has 0 saturated carbocycles. The summed E-state index contributed by atoms with van der Waals surface area (Å²) in [6.07, 6.45) is 5.08. The summed E-state index contributed by atoms with van der Waals surface area (Å²) in [5.74, 6) is 0. The van der Waals surface area contributed by atoms with Crippen molar-refractivity contribution in [3.05, 3.63) is 12.3 Å². The van der Waals surface area contributed by atoms with E-state index in [1.54, 1.807) is 0 Å². The molecular weight excluding hydrogens is 174 g/mol. The second kappa shape index (κ2) is 5.27. The Morgan fingerprint density at radius 2 is 2.14 bits per heavy atom. The smallest absolute Gasteiger partial charge is 0.0379 e. The molecule has 1 rings (SSSR count). The number of hydrogen-bond acceptors (Lipinski definition) is 3. The van der Waals surface area contributed by atoms with E-state index in [0.29, 0.717) is 0 Å². The molecule has 3 heteroatoms. The number of nitrogens with zero attached hydrogens (tertiary/aromatic N) is 2. The molecule has 0 unspecified atom stereocenters. The molecule has 3 nitrogen and oxygen atoms in total. The van der Waals surface area contributed by atoms with Crippen molar-refractivity contribution in [2.75, 3.05) is 26.2 Å². The molecule has 0 aliphatic carbocycles. The predicted octanol–water partition coefficient (Wildman–Crippen LogP) is 1.27. The molecule has 14 heavy (non-hydrogen) atoms. The van der Waals surface area contributed by atoms with Gasteiger partial charge in [-0.05, 0) is 26.1 Å². The quantitative estimate of drug-likeness (QED) is 0.684. The third-order valence-corrected chi connectivity index (χ3v) is 3.09. The van der Waals surface area contributed by atoms with Crippen LogP contribution >= 0.6 is 0 Å². The fraction of sp³-hybridized carbons (Fsp3) is 0.727. The minimum absolute atomic E-state index is 0.142. The van der Waals surface area contributed by atoms with Crippen molar-refractivity contribution in [3.63, 3.8) is 0 Å². The van der Waals surface area contributed by atoms with Crippen LogP contribution in [0.1, 0.15) is 20.3 Å². The van der Waals surface area contributed by atoms with Crippen molar-refractivity contribution in [1.82, 2.24) is 10.2 Å². The van der Waals surface area contributed by atoms with Gasteiger partial charge in [0.05, 0.1) is 0 Å². The maximum absolute atomic E-state index is 3.79. The molecule has 0 aromatic carbocycles. The second-order valence-electron chi connectivity index (χ2n) is 3.95. The van der Waals surface area contributed by atoms with Gasteiger partial charge in [0.15, 0.2) is 0 Å². The molecule has 0 amide bonds. The Balaban J connectivity index is 2.65. The van der Waals surface area contributed by atoms with Crippen molar-refractivity contribution in [2.24, 2.45) is 4.99 Å². The van der Waals surface area contributed by atoms with E-state index in [1.807, 2.05) is 6.20 Å². The number of aliphatic imine (C=N–C) groups is 1. The summed E-state index contributed by atoms with van der Waals surface area (Å²) in [4.78, 5) is 6.30. The van der Waals surface area contributed by atoms with Crippen LogP contribution in [0.15, 0.2) is 17.3 Å². The summed E-state index contributed by atoms with van der Waals surface area (Å²) in [7, 11) is 0. The molecule has 0 spiro atoms. The third kappa shape index (κ3) is 2.66. The minimum atomic E-state index is 0.142. The molecule has 1 atom stereocenters. The molecule has 80 valence electrons. The minimum Gasteiger partial charge on any atom is -0.314 e. The van der Waals surface area contributed by atoms with Gasteiger partial charge in [-0.3, -0.25) is 9.89 Å². The summed E-state index contributed by atoms with van der Waals surface area (Å²) < 4.78 is 0. The molecule has 1 aliphatic heterocycles. The molecule has 1 heterocycles. The number of rotatable bonds is 4. The largest absolute Gasteiger partial charge is 0.314 e. The zero-order chi connectivity index (χ0) is 10.4. The highest BCUT2D eigenvalue weighted by Gasteiger charge is 2.27. The van der Waals surface area contributed by atoms with Crippen molar-refractivity contribution in [2.45, 2.75) is 25.8 Å². The van der Waals surface area contributed by atoms with Crippen LogP contribution in [-0.2, 0) is 0 Å². The van der Waals surface area contributed by atoms with E-state index in [2.05, 4.69) is 41.9 Å². The fourth-order valence-corrected chi connectivity index (χ4v) is 1.84. The lowest BCUT2D eigenvalue weighted by atomic mass is 9.95. The van der Waals surface area contributed by atoms with E-state index in [1.165, 1.54) is 0 Å². The summed E-state index contributed by atoms with van der Waals surface area (Å²) in [6, 6.07) is 0. The standard InChI is InChI=1S/C11H21N3/c1-4-11(2,5-6-12-3)14-9-7-13-8-10-14/h5-6,13H,3-4,7-10H2,1-2H3/b6-5-/t11-/m1/s1. The second-order valence-corrected chi connectivity index (χ2v) is 3.95. The maximum Gasteiger partial charge on any atom is 0.0379 e. The average molecular weight is 195 g/mol. The first kappa shape index (κ1) is 11.4. The van der Waals surface area contributed by atoms with E-state index < -0.39 is 0 Å². The third-order valence-electron chi connectivity index (χ3n) is 3.09. The predicted molar refractivity (Wildman–Crippen MR) is 61.8 cm³/mol. The molecule has 0 radical (unpaired) electrons. The molecule has 0 aromatic rings. The van der Waals surface area contributed by atoms with Gasteiger partial charge >= 0.3 is 0 Å². The molecule has 1 aliphatic rings. The van der Waals surface area contributed by atoms with Crippen molar-refractivity contribution < 1.29 is 0 Å². The van der Waals surface area contributed by atoms with Crippen LogP contribution in [0, 0.1) is 0 Å². The lowest BCUT2D eigenvalue weighted by Crippen LogP contribution is -2.53. The van der Waals surface area contributed by atoms with E-state index >= 15 is 0 Å². The zero-order valence-corrected chi connectivity index (χ0v) is 9.29. The van der Waals surface area contributed by atoms with Crippen LogP contribution in [0.3, 0.4) is 0 Å². The Morgan fingerprint density at radius 3 is 2.64 bits per heavy atom. The zero-order valence-electron chi connectivity index (χ0n) is 9.29. The van der Waals surface area contributed by atoms with Crippen LogP contribution in [-0.4, -0.2) is 43.3 Å². The number of piperazine rings is 1. The van der Waals surface area contributed by atoms with Gasteiger partial charge < -0.3 is 5.32 Å². The lowest BCUT2D eigenvalue weighted by Gasteiger charge is -2.41. The van der Waals surface area contributed by atoms with Gasteiger partial charge in [0, 0.05) is 37.9 Å². The summed E-state index contributed by atoms with van der Waals surface area (Å²) in [5.41, 5.74) is 0.142. The van der Waals surface area contributed by atoms with Gasteiger partial charge in [-0.2, -0.15) is 0 Å². The average Bonchev–Trinajstić information content (AvgIpc) is 2.27. The monoisotopic (exact) mass is 195 g/mol. The topological polar surface area (TPSA) is 27.6 Å². The maximum atomic E-state index is 3.79. The first-order chi connectivity index (χ1) is 6.73. The van der Waals surface area contributed by atoms with E-state index in [-0.39, 0.29) is 5.54 Å². The first-order valence-corrected chi connectivity index (χ1v) is 5.32. The highest BCUT2D eigenvalue weighted by molar-refractivity contribution is 5.26. The Hall–Kier alpha value is -0.670. The Labute approximate surface area is 86.9 Å². The van der Waals surface area contributed by atoms with Gasteiger partial charge in [0.2, 0.25) is 0 Å². The van der Waals surface area contributed by atoms with Gasteiger partial charge in [0.25, 0.3) is 0 Å². The number of hydrogen-bond donors (Lipinski definition) is 1. The van der Waals surface area contributed by atoms with Gasteiger partial charge in [-0.1, -0.05) is 6.92 Å². The van der Waals surface area contributed by atoms with Gasteiger partial charge in [-0.15, -0.1) is 0 Å². The van der Waals surface area contributed by atoms with Crippen LogP contribution in [0.25, 0.3) is 0 Å². The molecule has 0 aromatic heterocycles. The molecule has 0 bridgehead atoms. The van der Waals surface area contributed by atoms with E-state index in [4.69, 9.17) is 0 Å². The number of nitrogens with one attached hydrogen (secondary N) is 1. The highest BCUT2D eigenvalue weighted by atomic mass is 15.2. The fourth-order valence-electron chi connectivity index (χ4n) is 1.84. The van der Waals surface area contributed by atoms with E-state index in [0.717, 1.165) is 32.6 Å². The Bertz CT molecular complexity index is 207. The van der Waals surface area contributed by atoms with Crippen LogP contribution in [0.4, 0.5) is 0 Å². The summed E-state index contributed by atoms with van der Waals surface area (Å²) >= 11 is 0. The summed E-state index contributed by atoms with van der Waals surface area (Å²) in [6.45, 7) is 12.4. The lowest BCUT2D eigenvalue weighted by molar-refractivity contribution is 0.123. The Morgan fingerprint density at radius 1 is 1.50 bits per heavy atom. The van der Waals surface area contributed by atoms with Crippen molar-refractivity contribution in [3.8, 4) is 0 Å². The van der Waals surface area contributed by atoms with Crippen molar-refractivity contribution in [1.29, 1.82) is 0 Å². The molecular formula is C11H21N3. The van der Waals surface area contributed by atoms with Crippen molar-refractivity contribution >= 4 is 6.72 Å². The van der Waals surface area contributed by atoms with Crippen LogP contribution < -0.4 is 5.32 Å². The van der Waals surface area contributed by atoms with E-state index in [9.17, 15) is 0 Å². The Kier molecular flexibility index (Phi) is 4.29. The first-order valence-electron chi connectivity index (χ1n) is 5.32. The molecule has 1 N–H and O–H groups in total. The molecule has 1 saturated heterocycles. The highest BCUT2D eigenvalue weighted by Crippen LogP contribution is 2.21.